The molecule has 1 rings (SSSR count). The van der Waals surface area contributed by atoms with E-state index in [9.17, 15) is 8.42 Å². The Balaban J connectivity index is 2.89. The number of hydrogen-bond acceptors (Lipinski definition) is 3. The van der Waals surface area contributed by atoms with Crippen molar-refractivity contribution < 1.29 is 13.2 Å². The summed E-state index contributed by atoms with van der Waals surface area (Å²) in [6.07, 6.45) is 0. The molecule has 1 aromatic carbocycles. The molecule has 1 N–H and O–H groups in total. The standard InChI is InChI=1S/C13H22N2O3S/c1-10(2)12-8-11(6-7-13(12)18-5)9-14-19(16,17)15(3)4/h6-8,10,14H,9H2,1-5H3. The fourth-order valence-electron chi connectivity index (χ4n) is 1.65. The number of benzene rings is 1. The number of nitrogens with zero attached hydrogens (tertiary/aromatic N) is 1. The zero-order valence-electron chi connectivity index (χ0n) is 12.1. The lowest BCUT2D eigenvalue weighted by Gasteiger charge is -2.15. The quantitative estimate of drug-likeness (QED) is 0.866. The van der Waals surface area contributed by atoms with E-state index in [-0.39, 0.29) is 6.54 Å². The Bertz CT molecular complexity index is 525. The van der Waals surface area contributed by atoms with E-state index in [1.807, 2.05) is 18.2 Å². The van der Waals surface area contributed by atoms with Crippen molar-refractivity contribution in [3.8, 4) is 5.75 Å². The summed E-state index contributed by atoms with van der Waals surface area (Å²) in [5, 5.41) is 0. The van der Waals surface area contributed by atoms with Gasteiger partial charge in [-0.25, -0.2) is 0 Å². The van der Waals surface area contributed by atoms with Crippen molar-refractivity contribution >= 4 is 10.2 Å². The average molecular weight is 286 g/mol. The lowest BCUT2D eigenvalue weighted by molar-refractivity contribution is 0.407. The third kappa shape index (κ3) is 4.19. The van der Waals surface area contributed by atoms with Gasteiger partial charge in [0.25, 0.3) is 10.2 Å². The van der Waals surface area contributed by atoms with Gasteiger partial charge in [0, 0.05) is 20.6 Å². The van der Waals surface area contributed by atoms with Gasteiger partial charge in [-0.3, -0.25) is 0 Å². The van der Waals surface area contributed by atoms with Gasteiger partial charge in [-0.2, -0.15) is 17.4 Å². The van der Waals surface area contributed by atoms with Crippen molar-refractivity contribution in [2.75, 3.05) is 21.2 Å². The third-order valence-electron chi connectivity index (χ3n) is 2.86. The van der Waals surface area contributed by atoms with Crippen LogP contribution >= 0.6 is 0 Å². The lowest BCUT2D eigenvalue weighted by atomic mass is 9.99. The fourth-order valence-corrected chi connectivity index (χ4v) is 2.26. The van der Waals surface area contributed by atoms with Crippen molar-refractivity contribution in [3.63, 3.8) is 0 Å². The van der Waals surface area contributed by atoms with Crippen LogP contribution in [0.4, 0.5) is 0 Å². The molecule has 0 aliphatic carbocycles. The molecule has 0 fully saturated rings. The van der Waals surface area contributed by atoms with Gasteiger partial charge in [-0.15, -0.1) is 0 Å². The van der Waals surface area contributed by atoms with Crippen molar-refractivity contribution in [3.05, 3.63) is 29.3 Å². The Kier molecular flexibility index (Phi) is 5.34. The van der Waals surface area contributed by atoms with Crippen LogP contribution in [0.2, 0.25) is 0 Å². The molecule has 0 spiro atoms. The molecule has 0 radical (unpaired) electrons. The van der Waals surface area contributed by atoms with E-state index < -0.39 is 10.2 Å². The van der Waals surface area contributed by atoms with Gasteiger partial charge < -0.3 is 4.74 Å². The van der Waals surface area contributed by atoms with Gasteiger partial charge in [-0.05, 0) is 23.1 Å². The topological polar surface area (TPSA) is 58.6 Å². The van der Waals surface area contributed by atoms with Crippen molar-refractivity contribution in [2.24, 2.45) is 0 Å². The summed E-state index contributed by atoms with van der Waals surface area (Å²) >= 11 is 0. The fraction of sp³-hybridized carbons (Fsp3) is 0.538. The van der Waals surface area contributed by atoms with Gasteiger partial charge in [0.2, 0.25) is 0 Å². The molecule has 0 amide bonds. The smallest absolute Gasteiger partial charge is 0.279 e. The van der Waals surface area contributed by atoms with Crippen molar-refractivity contribution in [1.82, 2.24) is 9.03 Å². The van der Waals surface area contributed by atoms with E-state index in [0.29, 0.717) is 5.92 Å². The second kappa shape index (κ2) is 6.36. The van der Waals surface area contributed by atoms with E-state index in [4.69, 9.17) is 4.74 Å². The minimum Gasteiger partial charge on any atom is -0.496 e. The molecule has 19 heavy (non-hydrogen) atoms. The summed E-state index contributed by atoms with van der Waals surface area (Å²) in [7, 11) is 1.23. The van der Waals surface area contributed by atoms with E-state index in [2.05, 4.69) is 18.6 Å². The Morgan fingerprint density at radius 1 is 1.32 bits per heavy atom. The minimum absolute atomic E-state index is 0.268. The van der Waals surface area contributed by atoms with E-state index in [1.54, 1.807) is 7.11 Å². The van der Waals surface area contributed by atoms with E-state index in [1.165, 1.54) is 14.1 Å². The van der Waals surface area contributed by atoms with Crippen LogP contribution in [0.25, 0.3) is 0 Å². The Morgan fingerprint density at radius 2 is 1.95 bits per heavy atom. The zero-order chi connectivity index (χ0) is 14.6. The highest BCUT2D eigenvalue weighted by molar-refractivity contribution is 7.87. The molecule has 5 nitrogen and oxygen atoms in total. The number of rotatable bonds is 6. The highest BCUT2D eigenvalue weighted by atomic mass is 32.2. The molecule has 6 heteroatoms. The number of ether oxygens (including phenoxy) is 1. The van der Waals surface area contributed by atoms with Crippen molar-refractivity contribution in [1.29, 1.82) is 0 Å². The molecule has 0 aliphatic heterocycles. The van der Waals surface area contributed by atoms with Gasteiger partial charge in [-0.1, -0.05) is 26.0 Å². The van der Waals surface area contributed by atoms with E-state index >= 15 is 0 Å². The number of methoxy groups -OCH3 is 1. The summed E-state index contributed by atoms with van der Waals surface area (Å²) in [5.41, 5.74) is 1.99. The maximum absolute atomic E-state index is 11.6. The summed E-state index contributed by atoms with van der Waals surface area (Å²) in [5.74, 6) is 1.15. The normalized spacial score (nSPS) is 12.2. The van der Waals surface area contributed by atoms with Crippen LogP contribution in [0.5, 0.6) is 5.75 Å². The molecule has 1 aromatic rings. The predicted octanol–water partition coefficient (Wildman–Crippen LogP) is 1.71. The highest BCUT2D eigenvalue weighted by Gasteiger charge is 2.13. The van der Waals surface area contributed by atoms with Gasteiger partial charge in [0.1, 0.15) is 5.75 Å². The first kappa shape index (κ1) is 15.9. The van der Waals surface area contributed by atoms with Crippen molar-refractivity contribution in [2.45, 2.75) is 26.3 Å². The maximum Gasteiger partial charge on any atom is 0.279 e. The molecular weight excluding hydrogens is 264 g/mol. The number of hydrogen-bond donors (Lipinski definition) is 1. The summed E-state index contributed by atoms with van der Waals surface area (Å²) in [6.45, 7) is 4.42. The van der Waals surface area contributed by atoms with Crippen LogP contribution in [0.3, 0.4) is 0 Å². The summed E-state index contributed by atoms with van der Waals surface area (Å²) in [6, 6.07) is 5.71. The van der Waals surface area contributed by atoms with Crippen LogP contribution in [0.15, 0.2) is 18.2 Å². The van der Waals surface area contributed by atoms with Gasteiger partial charge in [0.15, 0.2) is 0 Å². The lowest BCUT2D eigenvalue weighted by Crippen LogP contribution is -2.35. The third-order valence-corrected chi connectivity index (χ3v) is 4.33. The SMILES string of the molecule is COc1ccc(CNS(=O)(=O)N(C)C)cc1C(C)C. The predicted molar refractivity (Wildman–Crippen MR) is 76.5 cm³/mol. The molecule has 0 unspecified atom stereocenters. The molecule has 0 aromatic heterocycles. The van der Waals surface area contributed by atoms with E-state index in [0.717, 1.165) is 21.2 Å². The largest absolute Gasteiger partial charge is 0.496 e. The zero-order valence-corrected chi connectivity index (χ0v) is 12.9. The molecule has 0 atom stereocenters. The Labute approximate surface area is 115 Å². The van der Waals surface area contributed by atoms with Crippen LogP contribution in [-0.4, -0.2) is 33.9 Å². The maximum atomic E-state index is 11.6. The Morgan fingerprint density at radius 3 is 2.42 bits per heavy atom. The molecule has 0 saturated heterocycles. The second-order valence-electron chi connectivity index (χ2n) is 4.84. The highest BCUT2D eigenvalue weighted by Crippen LogP contribution is 2.27. The first-order chi connectivity index (χ1) is 8.77. The molecule has 108 valence electrons. The molecule has 0 saturated carbocycles. The first-order valence-electron chi connectivity index (χ1n) is 6.12. The minimum atomic E-state index is -3.39. The molecule has 0 aliphatic rings. The summed E-state index contributed by atoms with van der Waals surface area (Å²) < 4.78 is 32.3. The first-order valence-corrected chi connectivity index (χ1v) is 7.56. The van der Waals surface area contributed by atoms with Crippen LogP contribution < -0.4 is 9.46 Å². The molecule has 0 bridgehead atoms. The monoisotopic (exact) mass is 286 g/mol. The van der Waals surface area contributed by atoms with Gasteiger partial charge >= 0.3 is 0 Å². The van der Waals surface area contributed by atoms with Crippen LogP contribution in [-0.2, 0) is 16.8 Å². The Hall–Kier alpha value is -1.11. The average Bonchev–Trinajstić information content (AvgIpc) is 2.35. The van der Waals surface area contributed by atoms with Gasteiger partial charge in [0.05, 0.1) is 7.11 Å². The summed E-state index contributed by atoms with van der Waals surface area (Å²) in [4.78, 5) is 0. The second-order valence-corrected chi connectivity index (χ2v) is 6.81. The van der Waals surface area contributed by atoms with Crippen LogP contribution in [0.1, 0.15) is 30.9 Å². The molecular formula is C13H22N2O3S. The molecule has 0 heterocycles. The van der Waals surface area contributed by atoms with Crippen LogP contribution in [0, 0.1) is 0 Å². The number of nitrogens with one attached hydrogen (secondary N) is 1.